The van der Waals surface area contributed by atoms with Gasteiger partial charge in [-0.05, 0) is 90.3 Å². The molecule has 0 spiro atoms. The van der Waals surface area contributed by atoms with Crippen LogP contribution in [0.15, 0.2) is 218 Å². The number of nitrogens with zero attached hydrogens (tertiary/aromatic N) is 2. The minimum absolute atomic E-state index is 0.508. The van der Waals surface area contributed by atoms with Gasteiger partial charge in [0, 0.05) is 16.7 Å². The van der Waals surface area contributed by atoms with E-state index in [1.54, 1.807) is 0 Å². The summed E-state index contributed by atoms with van der Waals surface area (Å²) in [4.78, 5) is 10.3. The molecular formula is C55H36N2. The van der Waals surface area contributed by atoms with Crippen molar-refractivity contribution in [3.63, 3.8) is 0 Å². The minimum atomic E-state index is -0.508. The predicted octanol–water partition coefficient (Wildman–Crippen LogP) is 13.8. The van der Waals surface area contributed by atoms with Crippen LogP contribution in [-0.4, -0.2) is 9.97 Å². The SMILES string of the molecule is c1ccc(-c2cc(-c3ccc(-c4ccc5c(c4)C(c4ccccc4)(c4ccccc4)c4cc6ccccc6cc4-5)c4ccccc34)nc(-c3ccccc3)n2)cc1. The summed E-state index contributed by atoms with van der Waals surface area (Å²) < 4.78 is 0. The van der Waals surface area contributed by atoms with Gasteiger partial charge in [0.25, 0.3) is 0 Å². The van der Waals surface area contributed by atoms with E-state index < -0.39 is 5.41 Å². The zero-order valence-corrected chi connectivity index (χ0v) is 31.2. The molecule has 11 rings (SSSR count). The average Bonchev–Trinajstić information content (AvgIpc) is 3.58. The predicted molar refractivity (Wildman–Crippen MR) is 236 cm³/mol. The maximum Gasteiger partial charge on any atom is 0.160 e. The van der Waals surface area contributed by atoms with Crippen LogP contribution in [0.1, 0.15) is 22.3 Å². The molecule has 2 heteroatoms. The van der Waals surface area contributed by atoms with Crippen LogP contribution < -0.4 is 0 Å². The van der Waals surface area contributed by atoms with Gasteiger partial charge in [-0.3, -0.25) is 0 Å². The molecule has 0 N–H and O–H groups in total. The summed E-state index contributed by atoms with van der Waals surface area (Å²) in [6.07, 6.45) is 0. The third-order valence-corrected chi connectivity index (χ3v) is 11.8. The summed E-state index contributed by atoms with van der Waals surface area (Å²) >= 11 is 0. The summed E-state index contributed by atoms with van der Waals surface area (Å²) in [5.41, 5.74) is 14.5. The molecule has 266 valence electrons. The monoisotopic (exact) mass is 724 g/mol. The molecule has 2 nitrogen and oxygen atoms in total. The van der Waals surface area contributed by atoms with Gasteiger partial charge in [-0.2, -0.15) is 0 Å². The Balaban J connectivity index is 1.14. The zero-order valence-electron chi connectivity index (χ0n) is 31.2. The molecule has 1 aromatic heterocycles. The van der Waals surface area contributed by atoms with E-state index in [1.165, 1.54) is 60.7 Å². The number of hydrogen-bond acceptors (Lipinski definition) is 2. The van der Waals surface area contributed by atoms with Crippen molar-refractivity contribution in [3.8, 4) is 56.2 Å². The maximum absolute atomic E-state index is 5.22. The van der Waals surface area contributed by atoms with Crippen molar-refractivity contribution in [1.29, 1.82) is 0 Å². The highest BCUT2D eigenvalue weighted by atomic mass is 14.9. The third kappa shape index (κ3) is 5.33. The first kappa shape index (κ1) is 33.0. The van der Waals surface area contributed by atoms with E-state index in [2.05, 4.69) is 194 Å². The molecule has 0 aliphatic heterocycles. The lowest BCUT2D eigenvalue weighted by molar-refractivity contribution is 0.770. The normalized spacial score (nSPS) is 12.7. The van der Waals surface area contributed by atoms with Crippen LogP contribution in [0.5, 0.6) is 0 Å². The fraction of sp³-hybridized carbons (Fsp3) is 0.0182. The molecule has 1 aliphatic carbocycles. The molecule has 9 aromatic carbocycles. The van der Waals surface area contributed by atoms with Crippen molar-refractivity contribution in [3.05, 3.63) is 241 Å². The topological polar surface area (TPSA) is 25.8 Å². The molecule has 0 saturated heterocycles. The van der Waals surface area contributed by atoms with Crippen LogP contribution in [0.3, 0.4) is 0 Å². The van der Waals surface area contributed by atoms with Crippen molar-refractivity contribution in [1.82, 2.24) is 9.97 Å². The lowest BCUT2D eigenvalue weighted by Gasteiger charge is -2.34. The first-order valence-electron chi connectivity index (χ1n) is 19.6. The van der Waals surface area contributed by atoms with Crippen LogP contribution in [-0.2, 0) is 5.41 Å². The third-order valence-electron chi connectivity index (χ3n) is 11.8. The van der Waals surface area contributed by atoms with Gasteiger partial charge >= 0.3 is 0 Å². The average molecular weight is 725 g/mol. The summed E-state index contributed by atoms with van der Waals surface area (Å²) in [5, 5.41) is 4.83. The van der Waals surface area contributed by atoms with Gasteiger partial charge in [-0.15, -0.1) is 0 Å². The zero-order chi connectivity index (χ0) is 37.8. The smallest absolute Gasteiger partial charge is 0.160 e. The fourth-order valence-electron chi connectivity index (χ4n) is 9.17. The summed E-state index contributed by atoms with van der Waals surface area (Å²) in [7, 11) is 0. The van der Waals surface area contributed by atoms with Crippen LogP contribution in [0.2, 0.25) is 0 Å². The number of rotatable bonds is 6. The molecule has 0 atom stereocenters. The van der Waals surface area contributed by atoms with Crippen molar-refractivity contribution in [2.75, 3.05) is 0 Å². The largest absolute Gasteiger partial charge is 0.228 e. The first-order valence-corrected chi connectivity index (χ1v) is 19.6. The fourth-order valence-corrected chi connectivity index (χ4v) is 9.17. The highest BCUT2D eigenvalue weighted by Gasteiger charge is 2.46. The van der Waals surface area contributed by atoms with Crippen LogP contribution in [0.4, 0.5) is 0 Å². The summed E-state index contributed by atoms with van der Waals surface area (Å²) in [6.45, 7) is 0. The molecular weight excluding hydrogens is 689 g/mol. The second kappa shape index (κ2) is 13.4. The van der Waals surface area contributed by atoms with E-state index in [9.17, 15) is 0 Å². The molecule has 1 heterocycles. The van der Waals surface area contributed by atoms with E-state index in [0.717, 1.165) is 33.5 Å². The van der Waals surface area contributed by atoms with E-state index >= 15 is 0 Å². The molecule has 0 saturated carbocycles. The van der Waals surface area contributed by atoms with Gasteiger partial charge in [0.15, 0.2) is 5.82 Å². The molecule has 0 unspecified atom stereocenters. The van der Waals surface area contributed by atoms with E-state index in [4.69, 9.17) is 9.97 Å². The Morgan fingerprint density at radius 2 is 0.789 bits per heavy atom. The van der Waals surface area contributed by atoms with E-state index in [1.807, 2.05) is 24.3 Å². The number of hydrogen-bond donors (Lipinski definition) is 0. The van der Waals surface area contributed by atoms with Crippen molar-refractivity contribution >= 4 is 21.5 Å². The molecule has 57 heavy (non-hydrogen) atoms. The van der Waals surface area contributed by atoms with E-state index in [0.29, 0.717) is 5.82 Å². The van der Waals surface area contributed by atoms with Gasteiger partial charge in [0.05, 0.1) is 16.8 Å². The standard InChI is InChI=1S/C55H36N2/c1-5-17-37(18-6-1)52-36-53(57-54(56-52)38-19-7-2-8-20-38)48-32-31-44(45-27-15-16-28-46(45)48)41-29-30-47-49-33-39-21-13-14-22-40(39)34-51(49)55(50(47)35-41,42-23-9-3-10-24-42)43-25-11-4-12-26-43/h1-36H. The highest BCUT2D eigenvalue weighted by molar-refractivity contribution is 6.05. The molecule has 0 amide bonds. The lowest BCUT2D eigenvalue weighted by atomic mass is 9.67. The van der Waals surface area contributed by atoms with Crippen LogP contribution in [0.25, 0.3) is 77.7 Å². The lowest BCUT2D eigenvalue weighted by Crippen LogP contribution is -2.28. The highest BCUT2D eigenvalue weighted by Crippen LogP contribution is 2.57. The Kier molecular flexibility index (Phi) is 7.75. The Morgan fingerprint density at radius 1 is 0.298 bits per heavy atom. The maximum atomic E-state index is 5.22. The second-order valence-corrected chi connectivity index (χ2v) is 14.9. The van der Waals surface area contributed by atoms with Crippen molar-refractivity contribution in [2.24, 2.45) is 0 Å². The van der Waals surface area contributed by atoms with Gasteiger partial charge < -0.3 is 0 Å². The van der Waals surface area contributed by atoms with Gasteiger partial charge in [0.1, 0.15) is 0 Å². The molecule has 0 radical (unpaired) electrons. The number of fused-ring (bicyclic) bond motifs is 5. The van der Waals surface area contributed by atoms with Gasteiger partial charge in [-0.25, -0.2) is 9.97 Å². The molecule has 10 aromatic rings. The molecule has 0 fully saturated rings. The molecule has 0 bridgehead atoms. The van der Waals surface area contributed by atoms with E-state index in [-0.39, 0.29) is 0 Å². The van der Waals surface area contributed by atoms with Gasteiger partial charge in [-0.1, -0.05) is 194 Å². The first-order chi connectivity index (χ1) is 28.3. The molecule has 1 aliphatic rings. The number of benzene rings is 9. The minimum Gasteiger partial charge on any atom is -0.228 e. The Hall–Kier alpha value is -7.42. The summed E-state index contributed by atoms with van der Waals surface area (Å²) in [6, 6.07) is 78.9. The summed E-state index contributed by atoms with van der Waals surface area (Å²) in [5.74, 6) is 0.712. The van der Waals surface area contributed by atoms with Crippen LogP contribution in [0, 0.1) is 0 Å². The van der Waals surface area contributed by atoms with Crippen molar-refractivity contribution in [2.45, 2.75) is 5.41 Å². The Labute approximate surface area is 332 Å². The number of aromatic nitrogens is 2. The van der Waals surface area contributed by atoms with Crippen molar-refractivity contribution < 1.29 is 0 Å². The second-order valence-electron chi connectivity index (χ2n) is 14.9. The van der Waals surface area contributed by atoms with Crippen LogP contribution >= 0.6 is 0 Å². The van der Waals surface area contributed by atoms with Gasteiger partial charge in [0.2, 0.25) is 0 Å². The Morgan fingerprint density at radius 3 is 1.46 bits per heavy atom. The quantitative estimate of drug-likeness (QED) is 0.171. The Bertz CT molecular complexity index is 3000.